The molecule has 1 N–H and O–H groups in total. The summed E-state index contributed by atoms with van der Waals surface area (Å²) in [6.07, 6.45) is 1.27. The zero-order chi connectivity index (χ0) is 18.1. The minimum Gasteiger partial charge on any atom is -0.489 e. The molecule has 3 nitrogen and oxygen atoms in total. The van der Waals surface area contributed by atoms with Crippen LogP contribution in [0.15, 0.2) is 42.5 Å². The smallest absolute Gasteiger partial charge is 0.124 e. The standard InChI is InChI=1S/C21H28ClNO2.ClH/c1-16(2)24-12-4-11-23-14-19-13-20(22)9-10-21(19)25-15-18-7-5-17(3)6-8-18;/h5-10,13,16,23H,4,11-12,14-15H2,1-3H3;1H. The molecule has 0 amide bonds. The summed E-state index contributed by atoms with van der Waals surface area (Å²) < 4.78 is 11.6. The van der Waals surface area contributed by atoms with Crippen molar-refractivity contribution >= 4 is 24.0 Å². The first-order valence-corrected chi connectivity index (χ1v) is 9.21. The molecule has 2 aromatic carbocycles. The van der Waals surface area contributed by atoms with E-state index in [-0.39, 0.29) is 18.5 Å². The third kappa shape index (κ3) is 8.41. The Labute approximate surface area is 168 Å². The Balaban J connectivity index is 0.00000338. The van der Waals surface area contributed by atoms with Crippen molar-refractivity contribution in [1.82, 2.24) is 5.32 Å². The van der Waals surface area contributed by atoms with Crippen LogP contribution in [0.3, 0.4) is 0 Å². The van der Waals surface area contributed by atoms with E-state index in [0.717, 1.165) is 48.0 Å². The molecule has 0 bridgehead atoms. The molecule has 0 aliphatic rings. The van der Waals surface area contributed by atoms with Gasteiger partial charge in [0, 0.05) is 23.7 Å². The van der Waals surface area contributed by atoms with E-state index in [0.29, 0.717) is 6.61 Å². The second-order valence-electron chi connectivity index (χ2n) is 6.48. The number of benzene rings is 2. The predicted octanol–water partition coefficient (Wildman–Crippen LogP) is 5.55. The zero-order valence-electron chi connectivity index (χ0n) is 15.8. The molecule has 0 radical (unpaired) electrons. The maximum Gasteiger partial charge on any atom is 0.124 e. The largest absolute Gasteiger partial charge is 0.489 e. The van der Waals surface area contributed by atoms with Gasteiger partial charge in [-0.1, -0.05) is 41.4 Å². The SMILES string of the molecule is Cc1ccc(COc2ccc(Cl)cc2CNCCCOC(C)C)cc1.Cl. The van der Waals surface area contributed by atoms with Gasteiger partial charge in [0.1, 0.15) is 12.4 Å². The Morgan fingerprint density at radius 3 is 2.50 bits per heavy atom. The molecular formula is C21H29Cl2NO2. The van der Waals surface area contributed by atoms with Crippen molar-refractivity contribution in [2.24, 2.45) is 0 Å². The van der Waals surface area contributed by atoms with Crippen LogP contribution in [0.2, 0.25) is 5.02 Å². The Morgan fingerprint density at radius 2 is 1.81 bits per heavy atom. The second-order valence-corrected chi connectivity index (χ2v) is 6.91. The average Bonchev–Trinajstić information content (AvgIpc) is 2.58. The molecular weight excluding hydrogens is 369 g/mol. The quantitative estimate of drug-likeness (QED) is 0.532. The summed E-state index contributed by atoms with van der Waals surface area (Å²) in [5.74, 6) is 0.871. The van der Waals surface area contributed by atoms with Gasteiger partial charge in [-0.2, -0.15) is 0 Å². The van der Waals surface area contributed by atoms with Crippen molar-refractivity contribution in [3.05, 3.63) is 64.2 Å². The van der Waals surface area contributed by atoms with E-state index in [2.05, 4.69) is 50.4 Å². The Kier molecular flexibility index (Phi) is 10.7. The first-order valence-electron chi connectivity index (χ1n) is 8.83. The molecule has 0 fully saturated rings. The van der Waals surface area contributed by atoms with E-state index in [1.165, 1.54) is 5.56 Å². The lowest BCUT2D eigenvalue weighted by Crippen LogP contribution is -2.18. The van der Waals surface area contributed by atoms with Gasteiger partial charge < -0.3 is 14.8 Å². The molecule has 144 valence electrons. The van der Waals surface area contributed by atoms with Gasteiger partial charge >= 0.3 is 0 Å². The van der Waals surface area contributed by atoms with E-state index >= 15 is 0 Å². The molecule has 2 aromatic rings. The minimum atomic E-state index is 0. The summed E-state index contributed by atoms with van der Waals surface area (Å²) in [5.41, 5.74) is 3.48. The third-order valence-corrected chi connectivity index (χ3v) is 4.04. The first kappa shape index (κ1) is 22.8. The van der Waals surface area contributed by atoms with Crippen LogP contribution in [0.5, 0.6) is 5.75 Å². The highest BCUT2D eigenvalue weighted by atomic mass is 35.5. The molecule has 0 atom stereocenters. The van der Waals surface area contributed by atoms with Gasteiger partial charge in [-0.05, 0) is 57.5 Å². The lowest BCUT2D eigenvalue weighted by Gasteiger charge is -2.13. The van der Waals surface area contributed by atoms with Gasteiger partial charge in [-0.15, -0.1) is 12.4 Å². The highest BCUT2D eigenvalue weighted by molar-refractivity contribution is 6.30. The van der Waals surface area contributed by atoms with Gasteiger partial charge in [-0.3, -0.25) is 0 Å². The van der Waals surface area contributed by atoms with E-state index in [1.54, 1.807) is 0 Å². The second kappa shape index (κ2) is 12.2. The zero-order valence-corrected chi connectivity index (χ0v) is 17.3. The summed E-state index contributed by atoms with van der Waals surface area (Å²) >= 11 is 6.15. The summed E-state index contributed by atoms with van der Waals surface area (Å²) in [6, 6.07) is 14.2. The highest BCUT2D eigenvalue weighted by Crippen LogP contribution is 2.24. The van der Waals surface area contributed by atoms with Gasteiger partial charge in [0.05, 0.1) is 6.10 Å². The first-order chi connectivity index (χ1) is 12.0. The Morgan fingerprint density at radius 1 is 1.08 bits per heavy atom. The van der Waals surface area contributed by atoms with Crippen LogP contribution in [0.4, 0.5) is 0 Å². The number of ether oxygens (including phenoxy) is 2. The number of aryl methyl sites for hydroxylation is 1. The van der Waals surface area contributed by atoms with Crippen molar-refractivity contribution in [2.75, 3.05) is 13.2 Å². The van der Waals surface area contributed by atoms with Crippen LogP contribution in [0, 0.1) is 6.92 Å². The molecule has 0 aromatic heterocycles. The normalized spacial score (nSPS) is 10.7. The molecule has 2 rings (SSSR count). The van der Waals surface area contributed by atoms with Crippen LogP contribution in [0.1, 0.15) is 37.0 Å². The van der Waals surface area contributed by atoms with Crippen LogP contribution < -0.4 is 10.1 Å². The topological polar surface area (TPSA) is 30.5 Å². The summed E-state index contributed by atoms with van der Waals surface area (Å²) in [7, 11) is 0. The molecule has 26 heavy (non-hydrogen) atoms. The maximum atomic E-state index is 6.15. The van der Waals surface area contributed by atoms with Crippen LogP contribution in [0.25, 0.3) is 0 Å². The predicted molar refractivity (Wildman–Crippen MR) is 112 cm³/mol. The van der Waals surface area contributed by atoms with E-state index in [4.69, 9.17) is 21.1 Å². The van der Waals surface area contributed by atoms with Crippen LogP contribution >= 0.6 is 24.0 Å². The van der Waals surface area contributed by atoms with E-state index < -0.39 is 0 Å². The van der Waals surface area contributed by atoms with Gasteiger partial charge in [-0.25, -0.2) is 0 Å². The fourth-order valence-corrected chi connectivity index (χ4v) is 2.61. The molecule has 0 unspecified atom stereocenters. The molecule has 0 aliphatic heterocycles. The number of halogens is 2. The lowest BCUT2D eigenvalue weighted by molar-refractivity contribution is 0.0770. The molecule has 0 aliphatic carbocycles. The van der Waals surface area contributed by atoms with Crippen molar-refractivity contribution in [2.45, 2.75) is 46.4 Å². The maximum absolute atomic E-state index is 6.15. The van der Waals surface area contributed by atoms with Gasteiger partial charge in [0.15, 0.2) is 0 Å². The molecule has 0 heterocycles. The number of nitrogens with one attached hydrogen (secondary N) is 1. The van der Waals surface area contributed by atoms with E-state index in [1.807, 2.05) is 18.2 Å². The molecule has 0 spiro atoms. The van der Waals surface area contributed by atoms with Crippen molar-refractivity contribution < 1.29 is 9.47 Å². The summed E-state index contributed by atoms with van der Waals surface area (Å²) in [4.78, 5) is 0. The minimum absolute atomic E-state index is 0. The molecule has 0 saturated heterocycles. The summed E-state index contributed by atoms with van der Waals surface area (Å²) in [5, 5.41) is 4.15. The van der Waals surface area contributed by atoms with Gasteiger partial charge in [0.2, 0.25) is 0 Å². The summed E-state index contributed by atoms with van der Waals surface area (Å²) in [6.45, 7) is 9.14. The third-order valence-electron chi connectivity index (χ3n) is 3.80. The van der Waals surface area contributed by atoms with Crippen molar-refractivity contribution in [1.29, 1.82) is 0 Å². The van der Waals surface area contributed by atoms with Crippen molar-refractivity contribution in [3.63, 3.8) is 0 Å². The number of hydrogen-bond donors (Lipinski definition) is 1. The monoisotopic (exact) mass is 397 g/mol. The molecule has 0 saturated carbocycles. The van der Waals surface area contributed by atoms with Crippen LogP contribution in [-0.4, -0.2) is 19.3 Å². The Hall–Kier alpha value is -1.26. The molecule has 5 heteroatoms. The number of hydrogen-bond acceptors (Lipinski definition) is 3. The van der Waals surface area contributed by atoms with Crippen LogP contribution in [-0.2, 0) is 17.9 Å². The fraction of sp³-hybridized carbons (Fsp3) is 0.429. The fourth-order valence-electron chi connectivity index (χ4n) is 2.41. The van der Waals surface area contributed by atoms with Crippen molar-refractivity contribution in [3.8, 4) is 5.75 Å². The van der Waals surface area contributed by atoms with E-state index in [9.17, 15) is 0 Å². The lowest BCUT2D eigenvalue weighted by atomic mass is 10.1. The van der Waals surface area contributed by atoms with Gasteiger partial charge in [0.25, 0.3) is 0 Å². The Bertz CT molecular complexity index is 645. The highest BCUT2D eigenvalue weighted by Gasteiger charge is 2.06. The number of rotatable bonds is 10. The average molecular weight is 398 g/mol.